The highest BCUT2D eigenvalue weighted by molar-refractivity contribution is 5.93. The van der Waals surface area contributed by atoms with Crippen molar-refractivity contribution in [3.8, 4) is 0 Å². The van der Waals surface area contributed by atoms with Crippen molar-refractivity contribution < 1.29 is 9.59 Å². The maximum absolute atomic E-state index is 11.3. The van der Waals surface area contributed by atoms with E-state index in [1.54, 1.807) is 11.0 Å². The Hall–Kier alpha value is -1.58. The molecular formula is C18H30N2O2. The van der Waals surface area contributed by atoms with Crippen LogP contribution in [0.25, 0.3) is 0 Å². The predicted octanol–water partition coefficient (Wildman–Crippen LogP) is 3.00. The van der Waals surface area contributed by atoms with Crippen molar-refractivity contribution in [1.82, 2.24) is 9.80 Å². The minimum atomic E-state index is 0.127. The Morgan fingerprint density at radius 1 is 1.32 bits per heavy atom. The Balaban J connectivity index is 0.000000220. The van der Waals surface area contributed by atoms with Gasteiger partial charge >= 0.3 is 0 Å². The number of likely N-dealkylation sites (tertiary alicyclic amines) is 1. The quantitative estimate of drug-likeness (QED) is 0.736. The van der Waals surface area contributed by atoms with Crippen molar-refractivity contribution in [1.29, 1.82) is 0 Å². The molecule has 0 aromatic carbocycles. The van der Waals surface area contributed by atoms with Gasteiger partial charge in [0.25, 0.3) is 0 Å². The molecule has 2 aliphatic heterocycles. The lowest BCUT2D eigenvalue weighted by Crippen LogP contribution is -2.36. The predicted molar refractivity (Wildman–Crippen MR) is 90.4 cm³/mol. The summed E-state index contributed by atoms with van der Waals surface area (Å²) in [5.74, 6) is 0.864. The molecule has 2 amide bonds. The number of piperidine rings is 1. The fourth-order valence-electron chi connectivity index (χ4n) is 2.68. The van der Waals surface area contributed by atoms with E-state index >= 15 is 0 Å². The maximum Gasteiger partial charge on any atom is 0.249 e. The number of hydrogen-bond donors (Lipinski definition) is 0. The fraction of sp³-hybridized carbons (Fsp3) is 0.667. The number of amides is 2. The lowest BCUT2D eigenvalue weighted by atomic mass is 10.0. The van der Waals surface area contributed by atoms with Crippen molar-refractivity contribution in [2.24, 2.45) is 5.92 Å². The Labute approximate surface area is 134 Å². The van der Waals surface area contributed by atoms with Gasteiger partial charge in [0.2, 0.25) is 11.8 Å². The molecule has 0 aromatic rings. The maximum atomic E-state index is 11.3. The minimum absolute atomic E-state index is 0.127. The topological polar surface area (TPSA) is 40.6 Å². The summed E-state index contributed by atoms with van der Waals surface area (Å²) < 4.78 is 0. The zero-order chi connectivity index (χ0) is 16.7. The van der Waals surface area contributed by atoms with E-state index in [9.17, 15) is 9.59 Å². The standard InChI is InChI=1S/2C9H15NO/c1-7-5-4-6-9(11)10(3)8(7)2;1-3-6-10-7-4-5-8(2)9(10)11/h4,6-8H,5H2,1-3H3;2-7H2,1H3. The highest BCUT2D eigenvalue weighted by atomic mass is 16.2. The molecule has 0 saturated carbocycles. The van der Waals surface area contributed by atoms with Gasteiger partial charge in [-0.15, -0.1) is 0 Å². The van der Waals surface area contributed by atoms with Crippen LogP contribution in [-0.2, 0) is 9.59 Å². The summed E-state index contributed by atoms with van der Waals surface area (Å²) in [7, 11) is 1.86. The summed E-state index contributed by atoms with van der Waals surface area (Å²) in [6, 6.07) is 0.359. The van der Waals surface area contributed by atoms with Crippen LogP contribution in [0.15, 0.2) is 24.3 Å². The van der Waals surface area contributed by atoms with Crippen LogP contribution in [0.3, 0.4) is 0 Å². The number of rotatable bonds is 2. The van der Waals surface area contributed by atoms with E-state index in [1.165, 1.54) is 0 Å². The third-order valence-electron chi connectivity index (χ3n) is 4.54. The summed E-state index contributed by atoms with van der Waals surface area (Å²) in [6.45, 7) is 11.9. The van der Waals surface area contributed by atoms with Gasteiger partial charge in [-0.25, -0.2) is 0 Å². The largest absolute Gasteiger partial charge is 0.339 e. The smallest absolute Gasteiger partial charge is 0.249 e. The SMILES string of the molecule is C=C1CCCN(CCC)C1=O.CC1CC=CC(=O)N(C)C1C. The second kappa shape index (κ2) is 8.76. The zero-order valence-electron chi connectivity index (χ0n) is 14.5. The molecule has 0 aromatic heterocycles. The summed E-state index contributed by atoms with van der Waals surface area (Å²) in [5.41, 5.74) is 0.782. The van der Waals surface area contributed by atoms with Gasteiger partial charge in [0.05, 0.1) is 0 Å². The second-order valence-electron chi connectivity index (χ2n) is 6.30. The Morgan fingerprint density at radius 3 is 2.64 bits per heavy atom. The molecule has 1 fully saturated rings. The van der Waals surface area contributed by atoms with Crippen molar-refractivity contribution in [3.63, 3.8) is 0 Å². The van der Waals surface area contributed by atoms with Gasteiger partial charge < -0.3 is 9.80 Å². The molecule has 4 nitrogen and oxygen atoms in total. The Morgan fingerprint density at radius 2 is 2.00 bits per heavy atom. The number of nitrogens with zero attached hydrogens (tertiary/aromatic N) is 2. The third-order valence-corrected chi connectivity index (χ3v) is 4.54. The minimum Gasteiger partial charge on any atom is -0.339 e. The normalized spacial score (nSPS) is 25.7. The van der Waals surface area contributed by atoms with Crippen molar-refractivity contribution in [2.45, 2.75) is 52.5 Å². The number of hydrogen-bond acceptors (Lipinski definition) is 2. The molecule has 0 spiro atoms. The van der Waals surface area contributed by atoms with Gasteiger partial charge in [-0.05, 0) is 44.6 Å². The van der Waals surface area contributed by atoms with Gasteiger partial charge in [0.15, 0.2) is 0 Å². The zero-order valence-corrected chi connectivity index (χ0v) is 14.5. The summed E-state index contributed by atoms with van der Waals surface area (Å²) in [6.07, 6.45) is 7.66. The van der Waals surface area contributed by atoms with Crippen molar-refractivity contribution in [2.75, 3.05) is 20.1 Å². The van der Waals surface area contributed by atoms with Crippen LogP contribution in [-0.4, -0.2) is 47.8 Å². The highest BCUT2D eigenvalue weighted by Gasteiger charge is 2.21. The first kappa shape index (κ1) is 18.5. The second-order valence-corrected chi connectivity index (χ2v) is 6.30. The molecule has 1 saturated heterocycles. The van der Waals surface area contributed by atoms with E-state index in [2.05, 4.69) is 27.4 Å². The Bertz CT molecular complexity index is 440. The van der Waals surface area contributed by atoms with Gasteiger partial charge in [-0.3, -0.25) is 9.59 Å². The van der Waals surface area contributed by atoms with Crippen LogP contribution in [0, 0.1) is 5.92 Å². The average Bonchev–Trinajstić information content (AvgIpc) is 2.60. The summed E-state index contributed by atoms with van der Waals surface area (Å²) in [4.78, 5) is 26.2. The lowest BCUT2D eigenvalue weighted by Gasteiger charge is -2.27. The average molecular weight is 306 g/mol. The molecule has 4 heteroatoms. The molecule has 0 radical (unpaired) electrons. The van der Waals surface area contributed by atoms with Crippen molar-refractivity contribution in [3.05, 3.63) is 24.3 Å². The lowest BCUT2D eigenvalue weighted by molar-refractivity contribution is -0.128. The molecule has 2 atom stereocenters. The van der Waals surface area contributed by atoms with Crippen LogP contribution in [0.5, 0.6) is 0 Å². The summed E-state index contributed by atoms with van der Waals surface area (Å²) in [5, 5.41) is 0. The summed E-state index contributed by atoms with van der Waals surface area (Å²) >= 11 is 0. The van der Waals surface area contributed by atoms with E-state index in [1.807, 2.05) is 18.0 Å². The van der Waals surface area contributed by atoms with E-state index in [4.69, 9.17) is 0 Å². The van der Waals surface area contributed by atoms with Gasteiger partial charge in [-0.2, -0.15) is 0 Å². The molecule has 2 aliphatic rings. The number of likely N-dealkylation sites (N-methyl/N-ethyl adjacent to an activating group) is 1. The van der Waals surface area contributed by atoms with E-state index in [0.717, 1.165) is 44.3 Å². The number of carbonyl (C=O) groups is 2. The van der Waals surface area contributed by atoms with Gasteiger partial charge in [0, 0.05) is 31.8 Å². The molecule has 0 bridgehead atoms. The molecule has 2 heterocycles. The molecule has 22 heavy (non-hydrogen) atoms. The van der Waals surface area contributed by atoms with E-state index in [-0.39, 0.29) is 11.8 Å². The first-order chi connectivity index (χ1) is 10.4. The fourth-order valence-corrected chi connectivity index (χ4v) is 2.68. The number of allylic oxidation sites excluding steroid dienone is 1. The van der Waals surface area contributed by atoms with Gasteiger partial charge in [-0.1, -0.05) is 26.5 Å². The highest BCUT2D eigenvalue weighted by Crippen LogP contribution is 2.17. The van der Waals surface area contributed by atoms with Crippen LogP contribution >= 0.6 is 0 Å². The number of carbonyl (C=O) groups excluding carboxylic acids is 2. The molecule has 124 valence electrons. The molecular weight excluding hydrogens is 276 g/mol. The van der Waals surface area contributed by atoms with E-state index < -0.39 is 0 Å². The third kappa shape index (κ3) is 5.00. The first-order valence-corrected chi connectivity index (χ1v) is 8.28. The molecule has 0 aliphatic carbocycles. The van der Waals surface area contributed by atoms with Crippen LogP contribution in [0.4, 0.5) is 0 Å². The van der Waals surface area contributed by atoms with Crippen LogP contribution in [0.1, 0.15) is 46.5 Å². The van der Waals surface area contributed by atoms with Crippen LogP contribution in [0.2, 0.25) is 0 Å². The molecule has 2 rings (SSSR count). The van der Waals surface area contributed by atoms with Gasteiger partial charge in [0.1, 0.15) is 0 Å². The van der Waals surface area contributed by atoms with E-state index in [0.29, 0.717) is 12.0 Å². The molecule has 2 unspecified atom stereocenters. The molecule has 0 N–H and O–H groups in total. The first-order valence-electron chi connectivity index (χ1n) is 8.28. The monoisotopic (exact) mass is 306 g/mol. The Kier molecular flexibility index (Phi) is 7.36. The van der Waals surface area contributed by atoms with Crippen molar-refractivity contribution >= 4 is 11.8 Å². The van der Waals surface area contributed by atoms with Crippen LogP contribution < -0.4 is 0 Å².